The molecular weight excluding hydrogens is 134 g/mol. The zero-order chi connectivity index (χ0) is 7.56. The van der Waals surface area contributed by atoms with Crippen molar-refractivity contribution in [1.82, 2.24) is 4.90 Å². The Balaban J connectivity index is 2.53. The fourth-order valence-electron chi connectivity index (χ4n) is 0.727. The quantitative estimate of drug-likeness (QED) is 0.450. The van der Waals surface area contributed by atoms with E-state index >= 15 is 0 Å². The first-order valence-electron chi connectivity index (χ1n) is 2.96. The third-order valence-electron chi connectivity index (χ3n) is 1.30. The van der Waals surface area contributed by atoms with Crippen molar-refractivity contribution < 1.29 is 14.3 Å². The number of nitrogens with zero attached hydrogens (tertiary/aromatic N) is 1. The number of ether oxygens (including phenoxy) is 1. The number of hydrogen-bond acceptors (Lipinski definition) is 3. The van der Waals surface area contributed by atoms with Crippen LogP contribution < -0.4 is 0 Å². The zero-order valence-electron chi connectivity index (χ0n) is 5.50. The van der Waals surface area contributed by atoms with Crippen molar-refractivity contribution in [3.05, 3.63) is 6.92 Å². The molecule has 1 heterocycles. The molecule has 55 valence electrons. The van der Waals surface area contributed by atoms with Gasteiger partial charge in [0.05, 0.1) is 0 Å². The highest BCUT2D eigenvalue weighted by Gasteiger charge is 2.22. The van der Waals surface area contributed by atoms with Crippen molar-refractivity contribution in [2.24, 2.45) is 0 Å². The van der Waals surface area contributed by atoms with Crippen LogP contribution in [0.1, 0.15) is 0 Å². The van der Waals surface area contributed by atoms with Crippen LogP contribution in [0.3, 0.4) is 0 Å². The van der Waals surface area contributed by atoms with E-state index < -0.39 is 0 Å². The van der Waals surface area contributed by atoms with E-state index in [0.29, 0.717) is 6.54 Å². The Hall–Kier alpha value is -1.06. The van der Waals surface area contributed by atoms with E-state index in [1.165, 1.54) is 4.90 Å². The smallest absolute Gasteiger partial charge is 0.326 e. The summed E-state index contributed by atoms with van der Waals surface area (Å²) in [5, 5.41) is 0. The van der Waals surface area contributed by atoms with Gasteiger partial charge in [-0.15, -0.1) is 0 Å². The van der Waals surface area contributed by atoms with Gasteiger partial charge < -0.3 is 9.64 Å². The maximum absolute atomic E-state index is 10.8. The Morgan fingerprint density at radius 3 is 2.80 bits per heavy atom. The average molecular weight is 142 g/mol. The van der Waals surface area contributed by atoms with Crippen LogP contribution in [0.2, 0.25) is 0 Å². The third-order valence-corrected chi connectivity index (χ3v) is 1.30. The highest BCUT2D eigenvalue weighted by Crippen LogP contribution is 1.98. The summed E-state index contributed by atoms with van der Waals surface area (Å²) in [4.78, 5) is 22.7. The highest BCUT2D eigenvalue weighted by atomic mass is 16.5. The van der Waals surface area contributed by atoms with Crippen LogP contribution in [0.4, 0.5) is 0 Å². The number of rotatable bonds is 1. The minimum Gasteiger partial charge on any atom is -0.454 e. The summed E-state index contributed by atoms with van der Waals surface area (Å²) in [6, 6.07) is 0. The number of carbonyl (C=O) groups is 2. The summed E-state index contributed by atoms with van der Waals surface area (Å²) in [5.41, 5.74) is 0. The fourth-order valence-corrected chi connectivity index (χ4v) is 0.727. The van der Waals surface area contributed by atoms with Crippen molar-refractivity contribution in [2.75, 3.05) is 19.7 Å². The average Bonchev–Trinajstić information content (AvgIpc) is 1.94. The fraction of sp³-hybridized carbons (Fsp3) is 0.500. The molecule has 0 unspecified atom stereocenters. The van der Waals surface area contributed by atoms with Crippen LogP contribution in [0, 0.1) is 6.92 Å². The number of amides is 1. The van der Waals surface area contributed by atoms with Gasteiger partial charge in [0, 0.05) is 6.54 Å². The maximum Gasteiger partial charge on any atom is 0.326 e. The molecule has 1 radical (unpaired) electrons. The lowest BCUT2D eigenvalue weighted by atomic mass is 10.4. The number of esters is 1. The number of hydrogen-bond donors (Lipinski definition) is 0. The van der Waals surface area contributed by atoms with E-state index in [9.17, 15) is 9.59 Å². The van der Waals surface area contributed by atoms with Gasteiger partial charge in [-0.1, -0.05) is 0 Å². The lowest BCUT2D eigenvalue weighted by molar-refractivity contribution is -0.161. The van der Waals surface area contributed by atoms with E-state index in [1.54, 1.807) is 0 Å². The molecule has 0 aliphatic carbocycles. The van der Waals surface area contributed by atoms with Gasteiger partial charge in [0.15, 0.2) is 6.61 Å². The van der Waals surface area contributed by atoms with E-state index in [4.69, 9.17) is 0 Å². The molecule has 0 N–H and O–H groups in total. The molecular formula is C6H8NO3. The SMILES string of the molecule is [CH2]CN1CC(=O)OCC1=O. The summed E-state index contributed by atoms with van der Waals surface area (Å²) >= 11 is 0. The molecule has 0 spiro atoms. The van der Waals surface area contributed by atoms with Crippen LogP contribution >= 0.6 is 0 Å². The first-order valence-corrected chi connectivity index (χ1v) is 2.96. The minimum absolute atomic E-state index is 0.0440. The number of cyclic esters (lactones) is 1. The summed E-state index contributed by atoms with van der Waals surface area (Å²) < 4.78 is 4.46. The molecule has 0 atom stereocenters. The molecule has 0 aromatic rings. The second-order valence-electron chi connectivity index (χ2n) is 1.98. The Morgan fingerprint density at radius 1 is 1.60 bits per heavy atom. The number of carbonyl (C=O) groups excluding carboxylic acids is 2. The normalized spacial score (nSPS) is 19.1. The summed E-state index contributed by atoms with van der Waals surface area (Å²) in [5.74, 6) is -0.530. The van der Waals surface area contributed by atoms with E-state index in [1.807, 2.05) is 0 Å². The summed E-state index contributed by atoms with van der Waals surface area (Å²) in [7, 11) is 0. The molecule has 0 saturated carbocycles. The molecule has 10 heavy (non-hydrogen) atoms. The van der Waals surface area contributed by atoms with Gasteiger partial charge in [-0.3, -0.25) is 9.59 Å². The van der Waals surface area contributed by atoms with Crippen LogP contribution in [-0.2, 0) is 14.3 Å². The van der Waals surface area contributed by atoms with Crippen LogP contribution in [-0.4, -0.2) is 36.5 Å². The van der Waals surface area contributed by atoms with Gasteiger partial charge in [-0.05, 0) is 6.92 Å². The third kappa shape index (κ3) is 1.26. The first-order chi connectivity index (χ1) is 4.74. The molecule has 1 rings (SSSR count). The van der Waals surface area contributed by atoms with Crippen molar-refractivity contribution in [1.29, 1.82) is 0 Å². The highest BCUT2D eigenvalue weighted by molar-refractivity contribution is 5.88. The van der Waals surface area contributed by atoms with E-state index in [0.717, 1.165) is 0 Å². The maximum atomic E-state index is 10.8. The van der Waals surface area contributed by atoms with Gasteiger partial charge in [0.1, 0.15) is 6.54 Å². The Morgan fingerprint density at radius 2 is 2.30 bits per heavy atom. The molecule has 0 aromatic heterocycles. The van der Waals surface area contributed by atoms with E-state index in [2.05, 4.69) is 11.7 Å². The second kappa shape index (κ2) is 2.68. The number of morpholine rings is 1. The summed E-state index contributed by atoms with van der Waals surface area (Å²) in [6.45, 7) is 3.73. The Kier molecular flexibility index (Phi) is 1.89. The van der Waals surface area contributed by atoms with Gasteiger partial charge in [-0.25, -0.2) is 0 Å². The Labute approximate surface area is 58.8 Å². The molecule has 4 heteroatoms. The monoisotopic (exact) mass is 142 g/mol. The Bertz CT molecular complexity index is 166. The standard InChI is InChI=1S/C6H8NO3/c1-2-7-3-6(9)10-4-5(7)8/h1-4H2. The van der Waals surface area contributed by atoms with Crippen LogP contribution in [0.25, 0.3) is 0 Å². The van der Waals surface area contributed by atoms with Gasteiger partial charge >= 0.3 is 5.97 Å². The molecule has 1 aliphatic rings. The topological polar surface area (TPSA) is 46.6 Å². The molecule has 4 nitrogen and oxygen atoms in total. The van der Waals surface area contributed by atoms with Crippen molar-refractivity contribution in [3.8, 4) is 0 Å². The minimum atomic E-state index is -0.358. The lowest BCUT2D eigenvalue weighted by Gasteiger charge is -2.23. The second-order valence-corrected chi connectivity index (χ2v) is 1.98. The van der Waals surface area contributed by atoms with Crippen molar-refractivity contribution in [2.45, 2.75) is 0 Å². The van der Waals surface area contributed by atoms with Crippen LogP contribution in [0.15, 0.2) is 0 Å². The molecule has 0 bridgehead atoms. The molecule has 0 aromatic carbocycles. The molecule has 1 aliphatic heterocycles. The van der Waals surface area contributed by atoms with Gasteiger partial charge in [0.25, 0.3) is 5.91 Å². The summed E-state index contributed by atoms with van der Waals surface area (Å²) in [6.07, 6.45) is 0. The predicted octanol–water partition coefficient (Wildman–Crippen LogP) is -0.794. The van der Waals surface area contributed by atoms with Crippen molar-refractivity contribution >= 4 is 11.9 Å². The largest absolute Gasteiger partial charge is 0.454 e. The molecule has 1 amide bonds. The lowest BCUT2D eigenvalue weighted by Crippen LogP contribution is -2.44. The van der Waals surface area contributed by atoms with Gasteiger partial charge in [0.2, 0.25) is 0 Å². The van der Waals surface area contributed by atoms with E-state index in [-0.39, 0.29) is 25.0 Å². The first kappa shape index (κ1) is 7.05. The van der Waals surface area contributed by atoms with Gasteiger partial charge in [-0.2, -0.15) is 0 Å². The zero-order valence-corrected chi connectivity index (χ0v) is 5.50. The molecule has 1 fully saturated rings. The predicted molar refractivity (Wildman–Crippen MR) is 32.9 cm³/mol. The van der Waals surface area contributed by atoms with Crippen molar-refractivity contribution in [3.63, 3.8) is 0 Å². The molecule has 1 saturated heterocycles. The van der Waals surface area contributed by atoms with Crippen LogP contribution in [0.5, 0.6) is 0 Å².